The molecule has 0 amide bonds. The van der Waals surface area contributed by atoms with E-state index in [-0.39, 0.29) is 5.92 Å². The Bertz CT molecular complexity index is 1130. The minimum atomic E-state index is -0.923. The van der Waals surface area contributed by atoms with Crippen LogP contribution in [0.1, 0.15) is 33.0 Å². The molecule has 154 valence electrons. The largest absolute Gasteiger partial charge is 0.478 e. The van der Waals surface area contributed by atoms with Gasteiger partial charge in [-0.25, -0.2) is 4.79 Å². The Kier molecular flexibility index (Phi) is 4.79. The maximum atomic E-state index is 12.0. The van der Waals surface area contributed by atoms with E-state index in [0.717, 1.165) is 39.6 Å². The number of nitrogens with zero attached hydrogens (tertiary/aromatic N) is 2. The van der Waals surface area contributed by atoms with Gasteiger partial charge in [0, 0.05) is 49.0 Å². The monoisotopic (exact) mass is 403 g/mol. The summed E-state index contributed by atoms with van der Waals surface area (Å²) in [5, 5.41) is 9.82. The summed E-state index contributed by atoms with van der Waals surface area (Å²) in [7, 11) is 10.3. The highest BCUT2D eigenvalue weighted by atomic mass is 16.5. The van der Waals surface area contributed by atoms with Gasteiger partial charge >= 0.3 is 5.97 Å². The Morgan fingerprint density at radius 3 is 2.17 bits per heavy atom. The van der Waals surface area contributed by atoms with Crippen molar-refractivity contribution in [2.75, 3.05) is 40.1 Å². The van der Waals surface area contributed by atoms with E-state index in [0.29, 0.717) is 10.0 Å². The van der Waals surface area contributed by atoms with Crippen LogP contribution in [0.2, 0.25) is 0 Å². The lowest BCUT2D eigenvalue weighted by atomic mass is 9.80. The second kappa shape index (κ2) is 7.18. The predicted octanol–water partition coefficient (Wildman–Crippen LogP) is 4.93. The molecule has 1 aliphatic rings. The molecule has 0 saturated carbocycles. The van der Waals surface area contributed by atoms with Crippen LogP contribution in [0, 0.1) is 0 Å². The van der Waals surface area contributed by atoms with Crippen molar-refractivity contribution in [2.24, 2.45) is 0 Å². The van der Waals surface area contributed by atoms with Gasteiger partial charge in [-0.3, -0.25) is 4.48 Å². The number of fused-ring (bicyclic) bond motifs is 2. The zero-order valence-corrected chi connectivity index (χ0v) is 18.0. The summed E-state index contributed by atoms with van der Waals surface area (Å²) in [5.74, 6) is 0.397. The van der Waals surface area contributed by atoms with E-state index in [1.807, 2.05) is 49.3 Å². The molecule has 0 aliphatic carbocycles. The lowest BCUT2D eigenvalue weighted by Crippen LogP contribution is -2.34. The molecular formula is C25H27N2O3+. The van der Waals surface area contributed by atoms with Crippen LogP contribution in [-0.4, -0.2) is 46.3 Å². The van der Waals surface area contributed by atoms with Gasteiger partial charge in [0.25, 0.3) is 0 Å². The third-order valence-electron chi connectivity index (χ3n) is 5.63. The van der Waals surface area contributed by atoms with E-state index < -0.39 is 5.97 Å². The number of carboxylic acids is 1. The Morgan fingerprint density at radius 1 is 0.900 bits per heavy atom. The molecule has 0 radical (unpaired) electrons. The number of hydrogen-bond donors (Lipinski definition) is 1. The van der Waals surface area contributed by atoms with Gasteiger partial charge in [-0.1, -0.05) is 24.3 Å². The summed E-state index contributed by atoms with van der Waals surface area (Å²) in [4.78, 5) is 14.0. The van der Waals surface area contributed by atoms with Crippen molar-refractivity contribution in [2.45, 2.75) is 5.92 Å². The molecule has 1 aliphatic heterocycles. The fourth-order valence-electron chi connectivity index (χ4n) is 3.96. The summed E-state index contributed by atoms with van der Waals surface area (Å²) in [5.41, 5.74) is 5.18. The van der Waals surface area contributed by atoms with Crippen LogP contribution in [0.3, 0.4) is 0 Å². The van der Waals surface area contributed by atoms with E-state index >= 15 is 0 Å². The number of hydrogen-bond acceptors (Lipinski definition) is 3. The maximum Gasteiger partial charge on any atom is 0.335 e. The number of anilines is 1. The molecular weight excluding hydrogens is 376 g/mol. The van der Waals surface area contributed by atoms with E-state index in [2.05, 4.69) is 39.3 Å². The molecule has 1 unspecified atom stereocenters. The van der Waals surface area contributed by atoms with Crippen LogP contribution >= 0.6 is 0 Å². The molecule has 0 aromatic heterocycles. The highest BCUT2D eigenvalue weighted by molar-refractivity contribution is 5.90. The highest BCUT2D eigenvalue weighted by Gasteiger charge is 2.32. The third kappa shape index (κ3) is 3.42. The van der Waals surface area contributed by atoms with E-state index in [4.69, 9.17) is 4.74 Å². The van der Waals surface area contributed by atoms with Gasteiger partial charge in [-0.2, -0.15) is 0 Å². The molecule has 30 heavy (non-hydrogen) atoms. The minimum Gasteiger partial charge on any atom is -0.478 e. The minimum absolute atomic E-state index is 0.214. The van der Waals surface area contributed by atoms with E-state index in [1.165, 1.54) is 0 Å². The smallest absolute Gasteiger partial charge is 0.335 e. The van der Waals surface area contributed by atoms with Crippen LogP contribution in [-0.2, 0) is 0 Å². The fourth-order valence-corrected chi connectivity index (χ4v) is 3.96. The molecule has 0 spiro atoms. The summed E-state index contributed by atoms with van der Waals surface area (Å²) in [6, 6.07) is 19.6. The Balaban J connectivity index is 1.97. The second-order valence-corrected chi connectivity index (χ2v) is 8.78. The summed E-state index contributed by atoms with van der Waals surface area (Å²) in [6.45, 7) is 0. The van der Waals surface area contributed by atoms with Crippen molar-refractivity contribution in [3.63, 3.8) is 0 Å². The Hall–Kier alpha value is -3.31. The molecule has 3 aromatic rings. The van der Waals surface area contributed by atoms with E-state index in [1.54, 1.807) is 12.1 Å². The number of rotatable bonds is 4. The number of benzene rings is 3. The third-order valence-corrected chi connectivity index (χ3v) is 5.63. The van der Waals surface area contributed by atoms with Crippen LogP contribution in [0.15, 0.2) is 60.7 Å². The number of carboxylic acid groups (broad SMARTS) is 1. The van der Waals surface area contributed by atoms with Crippen molar-refractivity contribution in [3.8, 4) is 11.5 Å². The first kappa shape index (κ1) is 20.0. The number of aromatic carboxylic acids is 1. The lowest BCUT2D eigenvalue weighted by Gasteiger charge is -2.32. The summed E-state index contributed by atoms with van der Waals surface area (Å²) in [6.07, 6.45) is 0. The topological polar surface area (TPSA) is 49.8 Å². The molecule has 5 nitrogen and oxygen atoms in total. The predicted molar refractivity (Wildman–Crippen MR) is 121 cm³/mol. The van der Waals surface area contributed by atoms with Gasteiger partial charge in [-0.15, -0.1) is 0 Å². The molecule has 1 atom stereocenters. The Morgan fingerprint density at radius 2 is 1.53 bits per heavy atom. The molecule has 3 aromatic carbocycles. The molecule has 0 bridgehead atoms. The van der Waals surface area contributed by atoms with Gasteiger partial charge in [0.05, 0.1) is 26.7 Å². The molecule has 0 fully saturated rings. The highest BCUT2D eigenvalue weighted by Crippen LogP contribution is 2.50. The molecule has 4 rings (SSSR count). The first-order valence-electron chi connectivity index (χ1n) is 9.94. The fraction of sp³-hybridized carbons (Fsp3) is 0.240. The molecule has 0 saturated heterocycles. The van der Waals surface area contributed by atoms with Gasteiger partial charge in [0.1, 0.15) is 17.2 Å². The maximum absolute atomic E-state index is 12.0. The second-order valence-electron chi connectivity index (χ2n) is 8.78. The van der Waals surface area contributed by atoms with E-state index in [9.17, 15) is 9.90 Å². The van der Waals surface area contributed by atoms with Gasteiger partial charge in [-0.05, 0) is 29.8 Å². The number of quaternary nitrogens is 1. The van der Waals surface area contributed by atoms with Gasteiger partial charge < -0.3 is 14.7 Å². The molecule has 1 heterocycles. The van der Waals surface area contributed by atoms with Gasteiger partial charge in [0.15, 0.2) is 0 Å². The van der Waals surface area contributed by atoms with Crippen LogP contribution in [0.4, 0.5) is 11.4 Å². The van der Waals surface area contributed by atoms with Gasteiger partial charge in [0.2, 0.25) is 0 Å². The molecule has 5 heteroatoms. The first-order chi connectivity index (χ1) is 14.2. The average molecular weight is 404 g/mol. The quantitative estimate of drug-likeness (QED) is 0.491. The van der Waals surface area contributed by atoms with Crippen molar-refractivity contribution in [1.29, 1.82) is 0 Å². The zero-order chi connectivity index (χ0) is 21.6. The standard InChI is InChI=1S/C25H26N2O3/c1-26(2)16-10-12-20-22(14-16)30-23-15-17(27(3,4)5)11-13-21(23)24(20)18-8-6-7-9-19(18)25(28)29/h6-15,24H,1-5H3/p+1. The SMILES string of the molecule is CN(C)c1ccc2c(c1)Oc1cc([N+](C)(C)C)ccc1C2c1ccccc1C(=O)O. The summed E-state index contributed by atoms with van der Waals surface area (Å²) < 4.78 is 7.04. The number of carbonyl (C=O) groups is 1. The van der Waals surface area contributed by atoms with Crippen molar-refractivity contribution in [1.82, 2.24) is 4.48 Å². The molecule has 1 N–H and O–H groups in total. The van der Waals surface area contributed by atoms with Crippen molar-refractivity contribution in [3.05, 3.63) is 82.9 Å². The average Bonchev–Trinajstić information content (AvgIpc) is 2.70. The summed E-state index contributed by atoms with van der Waals surface area (Å²) >= 11 is 0. The Labute approximate surface area is 177 Å². The normalized spacial score (nSPS) is 15.0. The lowest BCUT2D eigenvalue weighted by molar-refractivity contribution is 0.0695. The van der Waals surface area contributed by atoms with Crippen LogP contribution < -0.4 is 14.1 Å². The number of ether oxygens (including phenoxy) is 1. The van der Waals surface area contributed by atoms with Crippen LogP contribution in [0.25, 0.3) is 0 Å². The van der Waals surface area contributed by atoms with Crippen molar-refractivity contribution < 1.29 is 14.6 Å². The first-order valence-corrected chi connectivity index (χ1v) is 9.94. The van der Waals surface area contributed by atoms with Crippen molar-refractivity contribution >= 4 is 17.3 Å². The van der Waals surface area contributed by atoms with Crippen LogP contribution in [0.5, 0.6) is 11.5 Å². The zero-order valence-electron chi connectivity index (χ0n) is 18.0.